The summed E-state index contributed by atoms with van der Waals surface area (Å²) in [4.78, 5) is 27.1. The van der Waals surface area contributed by atoms with Gasteiger partial charge in [-0.05, 0) is 0 Å². The van der Waals surface area contributed by atoms with Crippen molar-refractivity contribution in [2.45, 2.75) is 5.82 Å². The zero-order chi connectivity index (χ0) is 8.32. The number of nitrogens with one attached hydrogen (secondary N) is 1. The monoisotopic (exact) mass is 193 g/mol. The molecule has 1 aromatic rings. The van der Waals surface area contributed by atoms with Gasteiger partial charge in [-0.3, -0.25) is 0 Å². The minimum atomic E-state index is -2.55. The van der Waals surface area contributed by atoms with Crippen LogP contribution in [0.4, 0.5) is 0 Å². The molecule has 0 amide bonds. The van der Waals surface area contributed by atoms with Gasteiger partial charge in [0.2, 0.25) is 0 Å². The van der Waals surface area contributed by atoms with Crippen LogP contribution in [0, 0.1) is 0 Å². The minimum absolute atomic E-state index is 0.641. The van der Waals surface area contributed by atoms with E-state index >= 15 is 0 Å². The predicted molar refractivity (Wildman–Crippen MR) is 37.7 cm³/mol. The van der Waals surface area contributed by atoms with Crippen molar-refractivity contribution in [1.29, 1.82) is 0 Å². The molecule has 0 fully saturated rings. The van der Waals surface area contributed by atoms with E-state index in [-0.39, 0.29) is 0 Å². The average Bonchev–Trinajstić information content (AvgIpc) is 2.55. The van der Waals surface area contributed by atoms with Gasteiger partial charge in [0.15, 0.2) is 0 Å². The molecule has 0 radical (unpaired) electrons. The normalized spacial score (nSPS) is 11.7. The Morgan fingerprint density at radius 1 is 1.45 bits per heavy atom. The van der Waals surface area contributed by atoms with E-state index in [2.05, 4.69) is 4.98 Å². The van der Waals surface area contributed by atoms with Gasteiger partial charge in [-0.25, -0.2) is 0 Å². The number of carbonyl (C=O) groups excluding carboxylic acids is 2. The molecule has 0 bridgehead atoms. The van der Waals surface area contributed by atoms with Crippen LogP contribution in [0.1, 0.15) is 0 Å². The van der Waals surface area contributed by atoms with Gasteiger partial charge in [0.1, 0.15) is 0 Å². The summed E-state index contributed by atoms with van der Waals surface area (Å²) in [5.74, 6) is 1.58. The second-order valence-electron chi connectivity index (χ2n) is 1.94. The molecule has 0 saturated carbocycles. The number of aromatic nitrogens is 1. The molecule has 1 rings (SSSR count). The van der Waals surface area contributed by atoms with E-state index in [1.54, 1.807) is 33.7 Å². The van der Waals surface area contributed by atoms with E-state index in [0.29, 0.717) is 4.59 Å². The topological polar surface area (TPSA) is 49.9 Å². The van der Waals surface area contributed by atoms with E-state index in [4.69, 9.17) is 0 Å². The summed E-state index contributed by atoms with van der Waals surface area (Å²) in [5.41, 5.74) is 0. The Balaban J connectivity index is 3.57. The molecule has 1 N–H and O–H groups in total. The third kappa shape index (κ3) is 1.35. The Kier molecular flexibility index (Phi) is 2.13. The zero-order valence-corrected chi connectivity index (χ0v) is 7.01. The second-order valence-corrected chi connectivity index (χ2v) is 5.47. The molecule has 0 saturated heterocycles. The number of rotatable bonds is 1. The van der Waals surface area contributed by atoms with Gasteiger partial charge in [0, 0.05) is 0 Å². The molecule has 60 valence electrons. The maximum atomic E-state index is 10.4. The fourth-order valence-electron chi connectivity index (χ4n) is 0.616. The van der Waals surface area contributed by atoms with E-state index in [1.807, 2.05) is 0 Å². The Labute approximate surface area is 65.4 Å². The first-order chi connectivity index (χ1) is 5.23. The average molecular weight is 193 g/mol. The Morgan fingerprint density at radius 3 is 2.45 bits per heavy atom. The first kappa shape index (κ1) is 8.06. The van der Waals surface area contributed by atoms with Gasteiger partial charge in [-0.2, -0.15) is 0 Å². The molecule has 0 spiro atoms. The molecule has 11 heavy (non-hydrogen) atoms. The molecule has 0 aliphatic carbocycles. The summed E-state index contributed by atoms with van der Waals surface area (Å²) in [6.07, 6.45) is 1.67. The molecule has 0 aromatic carbocycles. The fraction of sp³-hybridized carbons (Fsp3) is 0.143. The quantitative estimate of drug-likeness (QED) is 0.637. The summed E-state index contributed by atoms with van der Waals surface area (Å²) in [7, 11) is 0. The van der Waals surface area contributed by atoms with E-state index in [9.17, 15) is 9.59 Å². The van der Waals surface area contributed by atoms with Crippen LogP contribution in [0.15, 0.2) is 18.3 Å². The van der Waals surface area contributed by atoms with E-state index in [1.165, 1.54) is 0 Å². The first-order valence-electron chi connectivity index (χ1n) is 2.79. The second kappa shape index (κ2) is 2.91. The number of H-pyrrole nitrogens is 1. The van der Waals surface area contributed by atoms with Gasteiger partial charge < -0.3 is 0 Å². The predicted octanol–water partition coefficient (Wildman–Crippen LogP) is -0.0236. The molecule has 1 heterocycles. The van der Waals surface area contributed by atoms with Crippen LogP contribution in [0.2, 0.25) is 5.82 Å². The molecule has 0 aliphatic heterocycles. The van der Waals surface area contributed by atoms with Crippen LogP contribution in [-0.4, -0.2) is 14.6 Å². The van der Waals surface area contributed by atoms with Gasteiger partial charge in [0.05, 0.1) is 0 Å². The van der Waals surface area contributed by atoms with Crippen LogP contribution in [0.5, 0.6) is 0 Å². The third-order valence-corrected chi connectivity index (χ3v) is 3.66. The van der Waals surface area contributed by atoms with Gasteiger partial charge in [-0.1, -0.05) is 0 Å². The van der Waals surface area contributed by atoms with Crippen molar-refractivity contribution in [3.63, 3.8) is 0 Å². The van der Waals surface area contributed by atoms with E-state index < -0.39 is 12.0 Å². The fourth-order valence-corrected chi connectivity index (χ4v) is 1.79. The van der Waals surface area contributed by atoms with Crippen LogP contribution >= 0.6 is 0 Å². The van der Waals surface area contributed by atoms with Crippen molar-refractivity contribution in [1.82, 2.24) is 4.98 Å². The Morgan fingerprint density at radius 2 is 2.09 bits per heavy atom. The van der Waals surface area contributed by atoms with Crippen molar-refractivity contribution in [3.05, 3.63) is 18.3 Å². The van der Waals surface area contributed by atoms with Gasteiger partial charge >= 0.3 is 64.9 Å². The Hall–Kier alpha value is -1.04. The Bertz CT molecular complexity index is 380. The summed E-state index contributed by atoms with van der Waals surface area (Å²) in [5, 5.41) is 0. The van der Waals surface area contributed by atoms with Crippen molar-refractivity contribution in [2.75, 3.05) is 0 Å². The number of hydrogen-bond donors (Lipinski definition) is 1. The van der Waals surface area contributed by atoms with Crippen LogP contribution in [-0.2, 0) is 21.6 Å². The SMILES string of the molecule is [CH3][Fe](=[C]=O)(=[C]=O)[c]1ccc[nH]1. The molecular formula is C7H7FeNO2. The molecule has 1 aromatic heterocycles. The van der Waals surface area contributed by atoms with Crippen LogP contribution in [0.25, 0.3) is 0 Å². The summed E-state index contributed by atoms with van der Waals surface area (Å²) >= 11 is -2.55. The van der Waals surface area contributed by atoms with Crippen molar-refractivity contribution in [3.8, 4) is 0 Å². The van der Waals surface area contributed by atoms with Crippen LogP contribution in [0.3, 0.4) is 0 Å². The molecule has 0 atom stereocenters. The summed E-state index contributed by atoms with van der Waals surface area (Å²) in [6, 6.07) is 3.45. The number of aromatic amines is 1. The summed E-state index contributed by atoms with van der Waals surface area (Å²) < 4.78 is 0.641. The number of hydrogen-bond acceptors (Lipinski definition) is 2. The van der Waals surface area contributed by atoms with E-state index in [0.717, 1.165) is 0 Å². The standard InChI is InChI=1S/C4H4N.2CO.CH3.Fe/c1-2-4-5-3-1;2*1-2;;/h1-3,5H;;;1H3;. The molecule has 4 heteroatoms. The first-order valence-corrected chi connectivity index (χ1v) is 5.55. The van der Waals surface area contributed by atoms with Crippen LogP contribution < -0.4 is 4.59 Å². The molecular weight excluding hydrogens is 186 g/mol. The third-order valence-electron chi connectivity index (χ3n) is 1.22. The molecule has 0 unspecified atom stereocenters. The van der Waals surface area contributed by atoms with Gasteiger partial charge in [0.25, 0.3) is 0 Å². The molecule has 0 aliphatic rings. The van der Waals surface area contributed by atoms with Crippen molar-refractivity contribution in [2.24, 2.45) is 0 Å². The van der Waals surface area contributed by atoms with Gasteiger partial charge in [-0.15, -0.1) is 0 Å². The maximum absolute atomic E-state index is 10.4. The van der Waals surface area contributed by atoms with Crippen molar-refractivity contribution >= 4 is 14.2 Å². The summed E-state index contributed by atoms with van der Waals surface area (Å²) in [6.45, 7) is 0. The molecule has 3 nitrogen and oxygen atoms in total. The van der Waals surface area contributed by atoms with Crippen molar-refractivity contribution < 1.29 is 21.6 Å². The zero-order valence-electron chi connectivity index (χ0n) is 5.90.